The van der Waals surface area contributed by atoms with E-state index < -0.39 is 6.10 Å². The molecule has 0 radical (unpaired) electrons. The van der Waals surface area contributed by atoms with E-state index in [0.29, 0.717) is 11.7 Å². The van der Waals surface area contributed by atoms with Crippen LogP contribution in [0.15, 0.2) is 12.4 Å². The topological polar surface area (TPSA) is 46.0 Å². The minimum atomic E-state index is -0.516. The number of hydrogen-bond donors (Lipinski definition) is 1. The number of hydrogen-bond acceptors (Lipinski definition) is 3. The van der Waals surface area contributed by atoms with E-state index in [-0.39, 0.29) is 0 Å². The minimum Gasteiger partial charge on any atom is -0.385 e. The molecule has 17 heavy (non-hydrogen) atoms. The highest BCUT2D eigenvalue weighted by atomic mass is 16.3. The summed E-state index contributed by atoms with van der Waals surface area (Å²) in [5.41, 5.74) is 1.03. The molecule has 1 aromatic rings. The van der Waals surface area contributed by atoms with Crippen molar-refractivity contribution in [3.05, 3.63) is 23.8 Å². The molecule has 1 heterocycles. The van der Waals surface area contributed by atoms with Crippen molar-refractivity contribution in [1.82, 2.24) is 9.97 Å². The Hall–Kier alpha value is -0.960. The molecule has 0 aliphatic heterocycles. The quantitative estimate of drug-likeness (QED) is 0.789. The van der Waals surface area contributed by atoms with E-state index in [1.54, 1.807) is 12.4 Å². The van der Waals surface area contributed by atoms with Gasteiger partial charge in [-0.15, -0.1) is 0 Å². The van der Waals surface area contributed by atoms with Crippen LogP contribution >= 0.6 is 0 Å². The Morgan fingerprint density at radius 2 is 1.88 bits per heavy atom. The predicted octanol–water partition coefficient (Wildman–Crippen LogP) is 3.42. The van der Waals surface area contributed by atoms with Crippen LogP contribution in [0.2, 0.25) is 0 Å². The van der Waals surface area contributed by atoms with E-state index in [1.807, 2.05) is 6.92 Å². The Labute approximate surface area is 104 Å². The average molecular weight is 236 g/mol. The summed E-state index contributed by atoms with van der Waals surface area (Å²) in [4.78, 5) is 8.37. The summed E-state index contributed by atoms with van der Waals surface area (Å²) < 4.78 is 0. The monoisotopic (exact) mass is 236 g/mol. The van der Waals surface area contributed by atoms with Gasteiger partial charge in [0.05, 0.1) is 0 Å². The molecule has 0 fully saturated rings. The molecule has 2 unspecified atom stereocenters. The predicted molar refractivity (Wildman–Crippen MR) is 69.7 cm³/mol. The smallest absolute Gasteiger partial charge is 0.156 e. The van der Waals surface area contributed by atoms with E-state index in [0.717, 1.165) is 18.4 Å². The molecule has 0 amide bonds. The molecule has 0 saturated heterocycles. The van der Waals surface area contributed by atoms with E-state index >= 15 is 0 Å². The number of nitrogens with zero attached hydrogens (tertiary/aromatic N) is 2. The summed E-state index contributed by atoms with van der Waals surface area (Å²) in [6.45, 7) is 6.33. The number of aliphatic hydroxyl groups is 1. The standard InChI is InChI=1S/C14H24N2O/c1-4-6-7-12(5-2)8-13(17)14-15-9-11(3)10-16-14/h9-10,12-13,17H,4-8H2,1-3H3. The van der Waals surface area contributed by atoms with Crippen molar-refractivity contribution in [1.29, 1.82) is 0 Å². The summed E-state index contributed by atoms with van der Waals surface area (Å²) in [6.07, 6.45) is 8.54. The van der Waals surface area contributed by atoms with Crippen molar-refractivity contribution < 1.29 is 5.11 Å². The van der Waals surface area contributed by atoms with Crippen molar-refractivity contribution in [3.8, 4) is 0 Å². The van der Waals surface area contributed by atoms with Crippen molar-refractivity contribution in [2.24, 2.45) is 5.92 Å². The number of aromatic nitrogens is 2. The van der Waals surface area contributed by atoms with Crippen LogP contribution in [0.25, 0.3) is 0 Å². The van der Waals surface area contributed by atoms with Crippen LogP contribution in [0.3, 0.4) is 0 Å². The summed E-state index contributed by atoms with van der Waals surface area (Å²) in [5, 5.41) is 10.1. The average Bonchev–Trinajstić information content (AvgIpc) is 2.35. The maximum Gasteiger partial charge on any atom is 0.156 e. The molecule has 1 aromatic heterocycles. The first-order valence-corrected chi connectivity index (χ1v) is 6.64. The van der Waals surface area contributed by atoms with Crippen molar-refractivity contribution >= 4 is 0 Å². The first-order valence-electron chi connectivity index (χ1n) is 6.64. The second kappa shape index (κ2) is 7.38. The van der Waals surface area contributed by atoms with Gasteiger partial charge in [-0.05, 0) is 24.8 Å². The lowest BCUT2D eigenvalue weighted by atomic mass is 9.93. The van der Waals surface area contributed by atoms with Crippen molar-refractivity contribution in [3.63, 3.8) is 0 Å². The summed E-state index contributed by atoms with van der Waals surface area (Å²) in [6, 6.07) is 0. The van der Waals surface area contributed by atoms with E-state index in [4.69, 9.17) is 0 Å². The van der Waals surface area contributed by atoms with Crippen LogP contribution in [0.1, 0.15) is 63.4 Å². The number of unbranched alkanes of at least 4 members (excludes halogenated alkanes) is 1. The molecule has 0 aliphatic rings. The van der Waals surface area contributed by atoms with Gasteiger partial charge in [0.15, 0.2) is 5.82 Å². The molecule has 3 heteroatoms. The second-order valence-electron chi connectivity index (χ2n) is 4.79. The van der Waals surface area contributed by atoms with Crippen LogP contribution in [0, 0.1) is 12.8 Å². The van der Waals surface area contributed by atoms with Gasteiger partial charge in [0.2, 0.25) is 0 Å². The summed E-state index contributed by atoms with van der Waals surface area (Å²) >= 11 is 0. The van der Waals surface area contributed by atoms with Gasteiger partial charge >= 0.3 is 0 Å². The van der Waals surface area contributed by atoms with Crippen molar-refractivity contribution in [2.75, 3.05) is 0 Å². The fourth-order valence-corrected chi connectivity index (χ4v) is 1.98. The third kappa shape index (κ3) is 4.82. The Bertz CT molecular complexity index is 311. The van der Waals surface area contributed by atoms with Crippen LogP contribution in [0.4, 0.5) is 0 Å². The van der Waals surface area contributed by atoms with Gasteiger partial charge in [-0.3, -0.25) is 0 Å². The zero-order valence-corrected chi connectivity index (χ0v) is 11.2. The van der Waals surface area contributed by atoms with E-state index in [1.165, 1.54) is 19.3 Å². The normalized spacial score (nSPS) is 14.6. The lowest BCUT2D eigenvalue weighted by molar-refractivity contribution is 0.130. The van der Waals surface area contributed by atoms with Gasteiger partial charge in [0.25, 0.3) is 0 Å². The largest absolute Gasteiger partial charge is 0.385 e. The van der Waals surface area contributed by atoms with Gasteiger partial charge < -0.3 is 5.11 Å². The molecule has 0 aliphatic carbocycles. The number of aryl methyl sites for hydroxylation is 1. The first kappa shape index (κ1) is 14.1. The van der Waals surface area contributed by atoms with Gasteiger partial charge in [-0.2, -0.15) is 0 Å². The Balaban J connectivity index is 2.51. The maximum absolute atomic E-state index is 10.1. The van der Waals surface area contributed by atoms with Crippen LogP contribution < -0.4 is 0 Å². The lowest BCUT2D eigenvalue weighted by Crippen LogP contribution is -2.10. The highest BCUT2D eigenvalue weighted by Crippen LogP contribution is 2.24. The number of rotatable bonds is 7. The molecule has 0 bridgehead atoms. The molecular weight excluding hydrogens is 212 g/mol. The molecule has 1 N–H and O–H groups in total. The van der Waals surface area contributed by atoms with Gasteiger partial charge in [-0.25, -0.2) is 9.97 Å². The highest BCUT2D eigenvalue weighted by Gasteiger charge is 2.16. The highest BCUT2D eigenvalue weighted by molar-refractivity contribution is 5.03. The molecule has 3 nitrogen and oxygen atoms in total. The minimum absolute atomic E-state index is 0.516. The third-order valence-corrected chi connectivity index (χ3v) is 3.20. The fraction of sp³-hybridized carbons (Fsp3) is 0.714. The van der Waals surface area contributed by atoms with Crippen LogP contribution in [-0.2, 0) is 0 Å². The zero-order valence-electron chi connectivity index (χ0n) is 11.2. The fourth-order valence-electron chi connectivity index (χ4n) is 1.98. The summed E-state index contributed by atoms with van der Waals surface area (Å²) in [5.74, 6) is 1.14. The molecular formula is C14H24N2O. The molecule has 1 rings (SSSR count). The zero-order chi connectivity index (χ0) is 12.7. The molecule has 0 spiro atoms. The van der Waals surface area contributed by atoms with Crippen LogP contribution in [0.5, 0.6) is 0 Å². The summed E-state index contributed by atoms with van der Waals surface area (Å²) in [7, 11) is 0. The Morgan fingerprint density at radius 3 is 2.41 bits per heavy atom. The molecule has 2 atom stereocenters. The Morgan fingerprint density at radius 1 is 1.24 bits per heavy atom. The van der Waals surface area contributed by atoms with Gasteiger partial charge in [0.1, 0.15) is 6.10 Å². The first-order chi connectivity index (χ1) is 8.17. The van der Waals surface area contributed by atoms with E-state index in [9.17, 15) is 5.11 Å². The van der Waals surface area contributed by atoms with Crippen LogP contribution in [-0.4, -0.2) is 15.1 Å². The molecule has 96 valence electrons. The SMILES string of the molecule is CCCCC(CC)CC(O)c1ncc(C)cn1. The third-order valence-electron chi connectivity index (χ3n) is 3.20. The van der Waals surface area contributed by atoms with Gasteiger partial charge in [0, 0.05) is 12.4 Å². The van der Waals surface area contributed by atoms with Gasteiger partial charge in [-0.1, -0.05) is 39.5 Å². The van der Waals surface area contributed by atoms with E-state index in [2.05, 4.69) is 23.8 Å². The Kier molecular flexibility index (Phi) is 6.12. The van der Waals surface area contributed by atoms with Crippen molar-refractivity contribution in [2.45, 2.75) is 59.0 Å². The second-order valence-corrected chi connectivity index (χ2v) is 4.79. The number of aliphatic hydroxyl groups excluding tert-OH is 1. The maximum atomic E-state index is 10.1. The molecule has 0 saturated carbocycles. The molecule has 0 aromatic carbocycles. The lowest BCUT2D eigenvalue weighted by Gasteiger charge is -2.17.